The van der Waals surface area contributed by atoms with Crippen LogP contribution in [0, 0.1) is 0 Å². The molecule has 1 heterocycles. The molecule has 0 radical (unpaired) electrons. The van der Waals surface area contributed by atoms with E-state index in [1.54, 1.807) is 0 Å². The number of hydrogen-bond acceptors (Lipinski definition) is 1. The standard InChI is InChI=1S/C7H7N/c1-2-6-4-5-8-7(6)3-1/h1-4,8H,5H2. The van der Waals surface area contributed by atoms with Crippen LogP contribution >= 0.6 is 0 Å². The van der Waals surface area contributed by atoms with Crippen LogP contribution in [0.5, 0.6) is 0 Å². The van der Waals surface area contributed by atoms with Gasteiger partial charge in [0.05, 0.1) is 0 Å². The third kappa shape index (κ3) is 0.360. The van der Waals surface area contributed by atoms with Crippen LogP contribution in [0.15, 0.2) is 35.6 Å². The molecular formula is C7H7N. The van der Waals surface area contributed by atoms with E-state index in [1.165, 1.54) is 11.3 Å². The predicted octanol–water partition coefficient (Wildman–Crippen LogP) is 0.970. The lowest BCUT2D eigenvalue weighted by molar-refractivity contribution is 0.980. The Balaban J connectivity index is 2.49. The molecule has 1 nitrogen and oxygen atoms in total. The molecule has 0 spiro atoms. The Labute approximate surface area is 48.4 Å². The van der Waals surface area contributed by atoms with Gasteiger partial charge in [-0.25, -0.2) is 0 Å². The van der Waals surface area contributed by atoms with Crippen molar-refractivity contribution < 1.29 is 0 Å². The lowest BCUT2D eigenvalue weighted by atomic mass is 10.3. The number of fused-ring (bicyclic) bond motifs is 1. The van der Waals surface area contributed by atoms with Crippen LogP contribution in [0.2, 0.25) is 0 Å². The van der Waals surface area contributed by atoms with E-state index in [0.717, 1.165) is 6.54 Å². The minimum Gasteiger partial charge on any atom is -0.381 e. The van der Waals surface area contributed by atoms with E-state index >= 15 is 0 Å². The van der Waals surface area contributed by atoms with Gasteiger partial charge in [0.25, 0.3) is 0 Å². The molecule has 0 aromatic rings. The van der Waals surface area contributed by atoms with Crippen molar-refractivity contribution in [1.29, 1.82) is 0 Å². The molecule has 0 unspecified atom stereocenters. The fourth-order valence-electron chi connectivity index (χ4n) is 1.04. The first kappa shape index (κ1) is 3.96. The maximum absolute atomic E-state index is 3.22. The third-order valence-electron chi connectivity index (χ3n) is 1.46. The first-order valence-electron chi connectivity index (χ1n) is 2.79. The minimum absolute atomic E-state index is 1.01. The van der Waals surface area contributed by atoms with Gasteiger partial charge in [0, 0.05) is 12.2 Å². The summed E-state index contributed by atoms with van der Waals surface area (Å²) in [5.41, 5.74) is 2.63. The zero-order valence-corrected chi connectivity index (χ0v) is 4.52. The second-order valence-electron chi connectivity index (χ2n) is 1.98. The Kier molecular flexibility index (Phi) is 0.618. The molecule has 1 aliphatic heterocycles. The van der Waals surface area contributed by atoms with Crippen LogP contribution in [0.3, 0.4) is 0 Å². The SMILES string of the molecule is C1=CC2=CCNC2=C1. The minimum atomic E-state index is 1.01. The topological polar surface area (TPSA) is 12.0 Å². The molecule has 0 saturated carbocycles. The summed E-state index contributed by atoms with van der Waals surface area (Å²) < 4.78 is 0. The summed E-state index contributed by atoms with van der Waals surface area (Å²) >= 11 is 0. The third-order valence-corrected chi connectivity index (χ3v) is 1.46. The normalized spacial score (nSPS) is 22.0. The quantitative estimate of drug-likeness (QED) is 0.484. The largest absolute Gasteiger partial charge is 0.381 e. The first-order valence-corrected chi connectivity index (χ1v) is 2.79. The smallest absolute Gasteiger partial charge is 0.0413 e. The molecule has 8 heavy (non-hydrogen) atoms. The Morgan fingerprint density at radius 1 is 1.50 bits per heavy atom. The van der Waals surface area contributed by atoms with Gasteiger partial charge in [0.1, 0.15) is 0 Å². The zero-order chi connectivity index (χ0) is 5.40. The van der Waals surface area contributed by atoms with Crippen LogP contribution in [0.25, 0.3) is 0 Å². The average Bonchev–Trinajstić information content (AvgIpc) is 2.15. The molecule has 0 amide bonds. The summed E-state index contributed by atoms with van der Waals surface area (Å²) in [4.78, 5) is 0. The van der Waals surface area contributed by atoms with Crippen LogP contribution in [0.4, 0.5) is 0 Å². The van der Waals surface area contributed by atoms with E-state index in [1.807, 2.05) is 0 Å². The van der Waals surface area contributed by atoms with Crippen molar-refractivity contribution >= 4 is 0 Å². The number of nitrogens with one attached hydrogen (secondary N) is 1. The average molecular weight is 105 g/mol. The van der Waals surface area contributed by atoms with Gasteiger partial charge in [-0.2, -0.15) is 0 Å². The Morgan fingerprint density at radius 2 is 2.50 bits per heavy atom. The Hall–Kier alpha value is -0.980. The highest BCUT2D eigenvalue weighted by Crippen LogP contribution is 2.18. The van der Waals surface area contributed by atoms with Crippen molar-refractivity contribution in [2.75, 3.05) is 6.54 Å². The second-order valence-corrected chi connectivity index (χ2v) is 1.98. The predicted molar refractivity (Wildman–Crippen MR) is 33.3 cm³/mol. The summed E-state index contributed by atoms with van der Waals surface area (Å²) in [7, 11) is 0. The number of rotatable bonds is 0. The van der Waals surface area contributed by atoms with Crippen LogP contribution in [-0.4, -0.2) is 6.54 Å². The van der Waals surface area contributed by atoms with Crippen molar-refractivity contribution in [1.82, 2.24) is 5.32 Å². The molecular weight excluding hydrogens is 98.1 g/mol. The fourth-order valence-corrected chi connectivity index (χ4v) is 1.04. The molecule has 0 fully saturated rings. The second kappa shape index (κ2) is 1.25. The molecule has 0 saturated heterocycles. The van der Waals surface area contributed by atoms with E-state index in [4.69, 9.17) is 0 Å². The highest BCUT2D eigenvalue weighted by atomic mass is 14.9. The monoisotopic (exact) mass is 105 g/mol. The maximum Gasteiger partial charge on any atom is 0.0413 e. The highest BCUT2D eigenvalue weighted by molar-refractivity contribution is 5.50. The van der Waals surface area contributed by atoms with Crippen molar-refractivity contribution in [2.45, 2.75) is 0 Å². The van der Waals surface area contributed by atoms with Crippen LogP contribution in [-0.2, 0) is 0 Å². The van der Waals surface area contributed by atoms with Crippen molar-refractivity contribution in [3.05, 3.63) is 35.6 Å². The maximum atomic E-state index is 3.22. The van der Waals surface area contributed by atoms with Crippen molar-refractivity contribution in [2.24, 2.45) is 0 Å². The summed E-state index contributed by atoms with van der Waals surface area (Å²) in [5.74, 6) is 0. The molecule has 0 atom stereocenters. The molecule has 2 aliphatic rings. The van der Waals surface area contributed by atoms with Gasteiger partial charge in [0.15, 0.2) is 0 Å². The van der Waals surface area contributed by atoms with Crippen molar-refractivity contribution in [3.8, 4) is 0 Å². The van der Waals surface area contributed by atoms with E-state index < -0.39 is 0 Å². The van der Waals surface area contributed by atoms with Gasteiger partial charge in [0.2, 0.25) is 0 Å². The van der Waals surface area contributed by atoms with E-state index in [0.29, 0.717) is 0 Å². The Morgan fingerprint density at radius 3 is 3.38 bits per heavy atom. The van der Waals surface area contributed by atoms with Gasteiger partial charge in [-0.05, 0) is 11.6 Å². The van der Waals surface area contributed by atoms with Gasteiger partial charge in [-0.1, -0.05) is 18.2 Å². The van der Waals surface area contributed by atoms with E-state index in [9.17, 15) is 0 Å². The van der Waals surface area contributed by atoms with Gasteiger partial charge in [-0.15, -0.1) is 0 Å². The van der Waals surface area contributed by atoms with Crippen molar-refractivity contribution in [3.63, 3.8) is 0 Å². The lowest BCUT2D eigenvalue weighted by Gasteiger charge is -1.92. The summed E-state index contributed by atoms with van der Waals surface area (Å²) in [6.07, 6.45) is 8.47. The molecule has 0 aromatic carbocycles. The van der Waals surface area contributed by atoms with Gasteiger partial charge in [-0.3, -0.25) is 0 Å². The molecule has 1 heteroatoms. The van der Waals surface area contributed by atoms with Gasteiger partial charge >= 0.3 is 0 Å². The summed E-state index contributed by atoms with van der Waals surface area (Å²) in [6.45, 7) is 1.01. The molecule has 0 aromatic heterocycles. The lowest BCUT2D eigenvalue weighted by Crippen LogP contribution is -2.04. The molecule has 40 valence electrons. The van der Waals surface area contributed by atoms with Gasteiger partial charge < -0.3 is 5.32 Å². The molecule has 2 rings (SSSR count). The highest BCUT2D eigenvalue weighted by Gasteiger charge is 2.08. The van der Waals surface area contributed by atoms with E-state index in [-0.39, 0.29) is 0 Å². The molecule has 0 bridgehead atoms. The van der Waals surface area contributed by atoms with Crippen LogP contribution < -0.4 is 5.32 Å². The first-order chi connectivity index (χ1) is 3.97. The molecule has 1 N–H and O–H groups in total. The van der Waals surface area contributed by atoms with Crippen LogP contribution in [0.1, 0.15) is 0 Å². The number of hydrogen-bond donors (Lipinski definition) is 1. The Bertz CT molecular complexity index is 196. The zero-order valence-electron chi connectivity index (χ0n) is 4.52. The van der Waals surface area contributed by atoms with E-state index in [2.05, 4.69) is 29.6 Å². The molecule has 1 aliphatic carbocycles. The summed E-state index contributed by atoms with van der Waals surface area (Å²) in [6, 6.07) is 0. The number of allylic oxidation sites excluding steroid dienone is 3. The fraction of sp³-hybridized carbons (Fsp3) is 0.143. The summed E-state index contributed by atoms with van der Waals surface area (Å²) in [5, 5.41) is 3.22.